The fourth-order valence-electron chi connectivity index (χ4n) is 2.44. The first-order valence-electron chi connectivity index (χ1n) is 6.81. The summed E-state index contributed by atoms with van der Waals surface area (Å²) in [6, 6.07) is 10.9. The van der Waals surface area contributed by atoms with Gasteiger partial charge in [0, 0.05) is 18.6 Å². The summed E-state index contributed by atoms with van der Waals surface area (Å²) in [4.78, 5) is 17.9. The lowest BCUT2D eigenvalue weighted by Crippen LogP contribution is -2.21. The number of nitrogens with one attached hydrogen (secondary N) is 1. The van der Waals surface area contributed by atoms with Crippen LogP contribution in [0.4, 0.5) is 5.69 Å². The van der Waals surface area contributed by atoms with Crippen molar-refractivity contribution in [1.82, 2.24) is 9.55 Å². The van der Waals surface area contributed by atoms with Crippen molar-refractivity contribution in [3.05, 3.63) is 61.0 Å². The summed E-state index contributed by atoms with van der Waals surface area (Å²) < 4.78 is 2.61. The summed E-state index contributed by atoms with van der Waals surface area (Å²) in [7, 11) is 3.79. The topological polar surface area (TPSA) is 41.0 Å². The highest BCUT2D eigenvalue weighted by Crippen LogP contribution is 2.30. The zero-order chi connectivity index (χ0) is 16.7. The Hall–Kier alpha value is -1.63. The van der Waals surface area contributed by atoms with Crippen molar-refractivity contribution in [2.75, 3.05) is 19.0 Å². The maximum Gasteiger partial charge on any atom is 0.266 e. The second kappa shape index (κ2) is 6.11. The quantitative estimate of drug-likeness (QED) is 0.631. The van der Waals surface area contributed by atoms with Gasteiger partial charge in [0.2, 0.25) is 0 Å². The Labute approximate surface area is 151 Å². The fourth-order valence-corrected chi connectivity index (χ4v) is 3.47. The van der Waals surface area contributed by atoms with Gasteiger partial charge >= 0.3 is 0 Å². The largest absolute Gasteiger partial charge is 0.376 e. The zero-order valence-electron chi connectivity index (χ0n) is 12.4. The number of aromatic nitrogens is 2. The van der Waals surface area contributed by atoms with Crippen molar-refractivity contribution in [2.24, 2.45) is 0 Å². The Morgan fingerprint density at radius 1 is 1.26 bits per heavy atom. The molecular weight excluding hydrogens is 398 g/mol. The predicted octanol–water partition coefficient (Wildman–Crippen LogP) is 4.53. The van der Waals surface area contributed by atoms with E-state index >= 15 is 0 Å². The van der Waals surface area contributed by atoms with E-state index in [0.717, 1.165) is 10.2 Å². The molecule has 0 aliphatic carbocycles. The Morgan fingerprint density at radius 2 is 2.00 bits per heavy atom. The predicted molar refractivity (Wildman–Crippen MR) is 102 cm³/mol. The van der Waals surface area contributed by atoms with Crippen LogP contribution in [0.2, 0.25) is 5.02 Å². The SMILES string of the molecule is CN(C)c1cccc(-n2c(=S)[nH]c3cc(Br)ccc3c2=O)c1Cl. The van der Waals surface area contributed by atoms with Crippen molar-refractivity contribution >= 4 is 56.3 Å². The van der Waals surface area contributed by atoms with E-state index in [4.69, 9.17) is 23.8 Å². The number of H-pyrrole nitrogens is 1. The third kappa shape index (κ3) is 2.82. The lowest BCUT2D eigenvalue weighted by atomic mass is 10.2. The number of anilines is 1. The van der Waals surface area contributed by atoms with E-state index in [-0.39, 0.29) is 5.56 Å². The van der Waals surface area contributed by atoms with Gasteiger partial charge in [0.1, 0.15) is 0 Å². The first kappa shape index (κ1) is 16.2. The molecular formula is C16H13BrClN3OS. The minimum absolute atomic E-state index is 0.200. The average Bonchev–Trinajstić information content (AvgIpc) is 2.48. The smallest absolute Gasteiger partial charge is 0.266 e. The van der Waals surface area contributed by atoms with Gasteiger partial charge in [0.05, 0.1) is 27.3 Å². The highest BCUT2D eigenvalue weighted by molar-refractivity contribution is 9.10. The Morgan fingerprint density at radius 3 is 2.70 bits per heavy atom. The Bertz CT molecular complexity index is 1030. The lowest BCUT2D eigenvalue weighted by molar-refractivity contribution is 0.938. The van der Waals surface area contributed by atoms with Crippen LogP contribution < -0.4 is 10.5 Å². The van der Waals surface area contributed by atoms with Crippen LogP contribution in [0.25, 0.3) is 16.6 Å². The van der Waals surface area contributed by atoms with Crippen molar-refractivity contribution in [2.45, 2.75) is 0 Å². The summed E-state index contributed by atoms with van der Waals surface area (Å²) in [5.74, 6) is 0. The van der Waals surface area contributed by atoms with Crippen LogP contribution in [0.5, 0.6) is 0 Å². The molecule has 0 amide bonds. The van der Waals surface area contributed by atoms with Crippen LogP contribution in [0.3, 0.4) is 0 Å². The molecule has 0 aliphatic heterocycles. The minimum atomic E-state index is -0.200. The molecule has 0 bridgehead atoms. The summed E-state index contributed by atoms with van der Waals surface area (Å²) in [5.41, 5.74) is 1.87. The number of halogens is 2. The van der Waals surface area contributed by atoms with Crippen LogP contribution in [-0.2, 0) is 0 Å². The fraction of sp³-hybridized carbons (Fsp3) is 0.125. The Balaban J connectivity index is 2.38. The van der Waals surface area contributed by atoms with Crippen molar-refractivity contribution in [3.8, 4) is 5.69 Å². The standard InChI is InChI=1S/C16H13BrClN3OS/c1-20(2)12-4-3-5-13(14(12)18)21-15(22)10-7-6-9(17)8-11(10)19-16(21)23/h3-8H,1-2H3,(H,19,23). The van der Waals surface area contributed by atoms with Crippen LogP contribution in [-0.4, -0.2) is 23.6 Å². The van der Waals surface area contributed by atoms with Gasteiger partial charge in [0.15, 0.2) is 4.77 Å². The number of nitrogens with zero attached hydrogens (tertiary/aromatic N) is 2. The van der Waals surface area contributed by atoms with Gasteiger partial charge in [-0.3, -0.25) is 9.36 Å². The molecule has 0 spiro atoms. The summed E-state index contributed by atoms with van der Waals surface area (Å²) >= 11 is 15.3. The monoisotopic (exact) mass is 409 g/mol. The molecule has 2 aromatic carbocycles. The van der Waals surface area contributed by atoms with E-state index in [1.165, 1.54) is 4.57 Å². The molecule has 23 heavy (non-hydrogen) atoms. The molecule has 3 aromatic rings. The van der Waals surface area contributed by atoms with Crippen LogP contribution >= 0.6 is 39.7 Å². The number of benzene rings is 2. The maximum absolute atomic E-state index is 12.9. The van der Waals surface area contributed by atoms with Gasteiger partial charge in [0.25, 0.3) is 5.56 Å². The van der Waals surface area contributed by atoms with Crippen LogP contribution in [0, 0.1) is 4.77 Å². The molecule has 3 rings (SSSR count). The summed E-state index contributed by atoms with van der Waals surface area (Å²) in [6.45, 7) is 0. The second-order valence-electron chi connectivity index (χ2n) is 5.27. The normalized spacial score (nSPS) is 11.0. The molecule has 1 aromatic heterocycles. The van der Waals surface area contributed by atoms with Crippen LogP contribution in [0.1, 0.15) is 0 Å². The van der Waals surface area contributed by atoms with E-state index < -0.39 is 0 Å². The highest BCUT2D eigenvalue weighted by Gasteiger charge is 2.14. The molecule has 118 valence electrons. The number of hydrogen-bond donors (Lipinski definition) is 1. The summed E-state index contributed by atoms with van der Waals surface area (Å²) in [6.07, 6.45) is 0. The first-order chi connectivity index (χ1) is 10.9. The van der Waals surface area contributed by atoms with Gasteiger partial charge in [-0.15, -0.1) is 0 Å². The number of hydrogen-bond acceptors (Lipinski definition) is 3. The van der Waals surface area contributed by atoms with E-state index in [1.54, 1.807) is 12.1 Å². The van der Waals surface area contributed by atoms with Gasteiger partial charge in [-0.2, -0.15) is 0 Å². The first-order valence-corrected chi connectivity index (χ1v) is 8.39. The summed E-state index contributed by atoms with van der Waals surface area (Å²) in [5, 5.41) is 1.03. The number of aromatic amines is 1. The average molecular weight is 411 g/mol. The Kier molecular flexibility index (Phi) is 4.31. The molecule has 1 heterocycles. The maximum atomic E-state index is 12.9. The highest BCUT2D eigenvalue weighted by atomic mass is 79.9. The molecule has 4 nitrogen and oxygen atoms in total. The molecule has 0 atom stereocenters. The van der Waals surface area contributed by atoms with Gasteiger partial charge < -0.3 is 9.88 Å². The van der Waals surface area contributed by atoms with Gasteiger partial charge in [-0.25, -0.2) is 0 Å². The second-order valence-corrected chi connectivity index (χ2v) is 6.95. The zero-order valence-corrected chi connectivity index (χ0v) is 15.6. The third-order valence-corrected chi connectivity index (χ3v) is 4.71. The number of rotatable bonds is 2. The molecule has 0 saturated heterocycles. The lowest BCUT2D eigenvalue weighted by Gasteiger charge is -2.17. The van der Waals surface area contributed by atoms with E-state index in [1.807, 2.05) is 43.3 Å². The molecule has 0 saturated carbocycles. The van der Waals surface area contributed by atoms with Crippen molar-refractivity contribution < 1.29 is 0 Å². The third-order valence-electron chi connectivity index (χ3n) is 3.54. The van der Waals surface area contributed by atoms with E-state index in [0.29, 0.717) is 26.4 Å². The van der Waals surface area contributed by atoms with E-state index in [9.17, 15) is 4.79 Å². The van der Waals surface area contributed by atoms with Crippen molar-refractivity contribution in [1.29, 1.82) is 0 Å². The van der Waals surface area contributed by atoms with Crippen molar-refractivity contribution in [3.63, 3.8) is 0 Å². The molecule has 0 fully saturated rings. The molecule has 7 heteroatoms. The minimum Gasteiger partial charge on any atom is -0.376 e. The van der Waals surface area contributed by atoms with E-state index in [2.05, 4.69) is 20.9 Å². The van der Waals surface area contributed by atoms with Gasteiger partial charge in [-0.05, 0) is 42.5 Å². The van der Waals surface area contributed by atoms with Crippen LogP contribution in [0.15, 0.2) is 45.7 Å². The molecule has 0 aliphatic rings. The molecule has 0 unspecified atom stereocenters. The number of fused-ring (bicyclic) bond motifs is 1. The molecule has 1 N–H and O–H groups in total. The molecule has 0 radical (unpaired) electrons. The van der Waals surface area contributed by atoms with Gasteiger partial charge in [-0.1, -0.05) is 33.6 Å².